The van der Waals surface area contributed by atoms with Gasteiger partial charge in [0.15, 0.2) is 6.10 Å². The van der Waals surface area contributed by atoms with E-state index >= 15 is 0 Å². The average molecular weight is 258 g/mol. The summed E-state index contributed by atoms with van der Waals surface area (Å²) >= 11 is 0. The van der Waals surface area contributed by atoms with Gasteiger partial charge in [-0.1, -0.05) is 48.5 Å². The second-order valence-electron chi connectivity index (χ2n) is 4.22. The number of carbonyl (C=O) groups is 1. The van der Waals surface area contributed by atoms with E-state index in [0.29, 0.717) is 5.56 Å². The number of carboxylic acid groups (broad SMARTS) is 1. The number of aliphatic hydroxyl groups is 2. The van der Waals surface area contributed by atoms with Gasteiger partial charge in [0.1, 0.15) is 6.10 Å². The van der Waals surface area contributed by atoms with Crippen LogP contribution in [-0.2, 0) is 4.79 Å². The molecular weight excluding hydrogens is 244 g/mol. The van der Waals surface area contributed by atoms with Crippen LogP contribution in [0.1, 0.15) is 11.7 Å². The lowest BCUT2D eigenvalue weighted by Crippen LogP contribution is -2.27. The van der Waals surface area contributed by atoms with Crippen molar-refractivity contribution in [3.8, 4) is 11.1 Å². The number of hydrogen-bond acceptors (Lipinski definition) is 3. The Morgan fingerprint density at radius 3 is 2.16 bits per heavy atom. The fourth-order valence-corrected chi connectivity index (χ4v) is 1.85. The van der Waals surface area contributed by atoms with Crippen LogP contribution in [0, 0.1) is 0 Å². The van der Waals surface area contributed by atoms with Crippen LogP contribution < -0.4 is 0 Å². The SMILES string of the molecule is O=C(O)C(O)C(O)c1cccc(-c2ccccc2)c1. The first-order valence-electron chi connectivity index (χ1n) is 5.84. The molecule has 98 valence electrons. The molecule has 4 nitrogen and oxygen atoms in total. The molecule has 0 aliphatic carbocycles. The Balaban J connectivity index is 2.32. The van der Waals surface area contributed by atoms with Crippen molar-refractivity contribution in [1.29, 1.82) is 0 Å². The van der Waals surface area contributed by atoms with Crippen molar-refractivity contribution >= 4 is 5.97 Å². The lowest BCUT2D eigenvalue weighted by atomic mass is 9.98. The third kappa shape index (κ3) is 2.99. The van der Waals surface area contributed by atoms with E-state index in [1.54, 1.807) is 18.2 Å². The van der Waals surface area contributed by atoms with Crippen molar-refractivity contribution in [3.63, 3.8) is 0 Å². The molecule has 2 aromatic rings. The van der Waals surface area contributed by atoms with Gasteiger partial charge in [-0.3, -0.25) is 0 Å². The zero-order valence-electron chi connectivity index (χ0n) is 10.1. The summed E-state index contributed by atoms with van der Waals surface area (Å²) < 4.78 is 0. The molecule has 0 heterocycles. The highest BCUT2D eigenvalue weighted by atomic mass is 16.4. The first kappa shape index (κ1) is 13.3. The van der Waals surface area contributed by atoms with Crippen LogP contribution in [0.5, 0.6) is 0 Å². The molecule has 19 heavy (non-hydrogen) atoms. The Labute approximate surface area is 110 Å². The molecule has 2 rings (SSSR count). The van der Waals surface area contributed by atoms with Crippen molar-refractivity contribution in [3.05, 3.63) is 60.2 Å². The predicted octanol–water partition coefficient (Wildman–Crippen LogP) is 1.83. The lowest BCUT2D eigenvalue weighted by molar-refractivity contribution is -0.153. The van der Waals surface area contributed by atoms with Gasteiger partial charge in [-0.2, -0.15) is 0 Å². The van der Waals surface area contributed by atoms with E-state index < -0.39 is 18.2 Å². The van der Waals surface area contributed by atoms with Gasteiger partial charge in [0.05, 0.1) is 0 Å². The number of aliphatic carboxylic acids is 1. The van der Waals surface area contributed by atoms with Crippen molar-refractivity contribution in [2.45, 2.75) is 12.2 Å². The van der Waals surface area contributed by atoms with Crippen LogP contribution >= 0.6 is 0 Å². The molecule has 2 atom stereocenters. The van der Waals surface area contributed by atoms with E-state index in [0.717, 1.165) is 11.1 Å². The molecule has 0 spiro atoms. The van der Waals surface area contributed by atoms with Gasteiger partial charge in [-0.25, -0.2) is 4.79 Å². The van der Waals surface area contributed by atoms with E-state index in [9.17, 15) is 15.0 Å². The molecule has 0 radical (unpaired) electrons. The number of carboxylic acids is 1. The summed E-state index contributed by atoms with van der Waals surface area (Å²) in [6.07, 6.45) is -3.27. The smallest absolute Gasteiger partial charge is 0.335 e. The van der Waals surface area contributed by atoms with Crippen LogP contribution in [-0.4, -0.2) is 27.4 Å². The molecule has 0 fully saturated rings. The Bertz CT molecular complexity index is 565. The van der Waals surface area contributed by atoms with E-state index in [1.165, 1.54) is 0 Å². The van der Waals surface area contributed by atoms with Crippen LogP contribution in [0.2, 0.25) is 0 Å². The van der Waals surface area contributed by atoms with Gasteiger partial charge in [0.25, 0.3) is 0 Å². The van der Waals surface area contributed by atoms with Gasteiger partial charge < -0.3 is 15.3 Å². The highest BCUT2D eigenvalue weighted by molar-refractivity contribution is 5.73. The van der Waals surface area contributed by atoms with Crippen LogP contribution in [0.4, 0.5) is 0 Å². The van der Waals surface area contributed by atoms with Gasteiger partial charge in [-0.15, -0.1) is 0 Å². The van der Waals surface area contributed by atoms with Crippen molar-refractivity contribution in [1.82, 2.24) is 0 Å². The molecule has 0 aliphatic heterocycles. The van der Waals surface area contributed by atoms with Gasteiger partial charge in [-0.05, 0) is 22.8 Å². The van der Waals surface area contributed by atoms with E-state index in [-0.39, 0.29) is 0 Å². The largest absolute Gasteiger partial charge is 0.479 e. The summed E-state index contributed by atoms with van der Waals surface area (Å²) in [7, 11) is 0. The maximum absolute atomic E-state index is 10.7. The Hall–Kier alpha value is -2.17. The normalized spacial score (nSPS) is 13.8. The number of hydrogen-bond donors (Lipinski definition) is 3. The zero-order valence-corrected chi connectivity index (χ0v) is 10.1. The molecule has 0 saturated heterocycles. The Morgan fingerprint density at radius 1 is 0.895 bits per heavy atom. The Morgan fingerprint density at radius 2 is 1.53 bits per heavy atom. The minimum Gasteiger partial charge on any atom is -0.479 e. The molecule has 0 saturated carbocycles. The second-order valence-corrected chi connectivity index (χ2v) is 4.22. The molecule has 0 aliphatic rings. The second kappa shape index (κ2) is 5.65. The summed E-state index contributed by atoms with van der Waals surface area (Å²) in [5.41, 5.74) is 2.19. The van der Waals surface area contributed by atoms with Crippen LogP contribution in [0.3, 0.4) is 0 Å². The van der Waals surface area contributed by atoms with E-state index in [4.69, 9.17) is 5.11 Å². The van der Waals surface area contributed by atoms with Crippen molar-refractivity contribution in [2.24, 2.45) is 0 Å². The molecule has 0 bridgehead atoms. The first-order valence-corrected chi connectivity index (χ1v) is 5.84. The molecule has 4 heteroatoms. The van der Waals surface area contributed by atoms with Gasteiger partial charge >= 0.3 is 5.97 Å². The van der Waals surface area contributed by atoms with Gasteiger partial charge in [0, 0.05) is 0 Å². The third-order valence-corrected chi connectivity index (χ3v) is 2.89. The van der Waals surface area contributed by atoms with Gasteiger partial charge in [0.2, 0.25) is 0 Å². The molecule has 2 unspecified atom stereocenters. The maximum Gasteiger partial charge on any atom is 0.335 e. The number of aliphatic hydroxyl groups excluding tert-OH is 2. The van der Waals surface area contributed by atoms with Crippen LogP contribution in [0.25, 0.3) is 11.1 Å². The third-order valence-electron chi connectivity index (χ3n) is 2.89. The molecular formula is C15H14O4. The fourth-order valence-electron chi connectivity index (χ4n) is 1.85. The molecule has 2 aromatic carbocycles. The summed E-state index contributed by atoms with van der Waals surface area (Å²) in [4.78, 5) is 10.7. The Kier molecular flexibility index (Phi) is 3.94. The van der Waals surface area contributed by atoms with Crippen molar-refractivity contribution in [2.75, 3.05) is 0 Å². The molecule has 0 aromatic heterocycles. The fraction of sp³-hybridized carbons (Fsp3) is 0.133. The predicted molar refractivity (Wildman–Crippen MR) is 70.5 cm³/mol. The van der Waals surface area contributed by atoms with E-state index in [2.05, 4.69) is 0 Å². The summed E-state index contributed by atoms with van der Waals surface area (Å²) in [6, 6.07) is 16.4. The molecule has 3 N–H and O–H groups in total. The maximum atomic E-state index is 10.7. The lowest BCUT2D eigenvalue weighted by Gasteiger charge is -2.15. The number of benzene rings is 2. The molecule has 0 amide bonds. The van der Waals surface area contributed by atoms with Crippen LogP contribution in [0.15, 0.2) is 54.6 Å². The summed E-state index contributed by atoms with van der Waals surface area (Å²) in [5, 5.41) is 27.9. The monoisotopic (exact) mass is 258 g/mol. The summed E-state index contributed by atoms with van der Waals surface area (Å²) in [5.74, 6) is -1.45. The highest BCUT2D eigenvalue weighted by Gasteiger charge is 2.25. The topological polar surface area (TPSA) is 77.8 Å². The highest BCUT2D eigenvalue weighted by Crippen LogP contribution is 2.24. The standard InChI is InChI=1S/C15H14O4/c16-13(14(17)15(18)19)12-8-4-7-11(9-12)10-5-2-1-3-6-10/h1-9,13-14,16-17H,(H,18,19). The number of rotatable bonds is 4. The minimum atomic E-state index is -1.83. The van der Waals surface area contributed by atoms with E-state index in [1.807, 2.05) is 36.4 Å². The minimum absolute atomic E-state index is 0.372. The van der Waals surface area contributed by atoms with Crippen molar-refractivity contribution < 1.29 is 20.1 Å². The average Bonchev–Trinajstić information content (AvgIpc) is 2.46. The zero-order chi connectivity index (χ0) is 13.8. The summed E-state index contributed by atoms with van der Waals surface area (Å²) in [6.45, 7) is 0. The first-order chi connectivity index (χ1) is 9.09. The quantitative estimate of drug-likeness (QED) is 0.782.